The van der Waals surface area contributed by atoms with Gasteiger partial charge in [0.25, 0.3) is 0 Å². The van der Waals surface area contributed by atoms with Gasteiger partial charge in [0, 0.05) is 36.6 Å². The van der Waals surface area contributed by atoms with E-state index in [0.29, 0.717) is 12.5 Å². The van der Waals surface area contributed by atoms with Gasteiger partial charge in [-0.3, -0.25) is 0 Å². The summed E-state index contributed by atoms with van der Waals surface area (Å²) in [5.41, 5.74) is 1.11. The second-order valence-electron chi connectivity index (χ2n) is 6.16. The molecule has 3 aromatic heterocycles. The highest BCUT2D eigenvalue weighted by molar-refractivity contribution is 5.32. The SMILES string of the molecule is C[C@H]1C[C@@H]1c1ccc(CNCc2cccnc2-n2cccn2)o1. The van der Waals surface area contributed by atoms with E-state index in [9.17, 15) is 0 Å². The fourth-order valence-corrected chi connectivity index (χ4v) is 2.90. The van der Waals surface area contributed by atoms with Gasteiger partial charge < -0.3 is 9.73 Å². The van der Waals surface area contributed by atoms with Gasteiger partial charge >= 0.3 is 0 Å². The summed E-state index contributed by atoms with van der Waals surface area (Å²) in [4.78, 5) is 4.43. The minimum absolute atomic E-state index is 0.633. The predicted molar refractivity (Wildman–Crippen MR) is 87.1 cm³/mol. The lowest BCUT2D eigenvalue weighted by Gasteiger charge is -2.08. The van der Waals surface area contributed by atoms with Crippen molar-refractivity contribution in [2.24, 2.45) is 5.92 Å². The van der Waals surface area contributed by atoms with E-state index in [1.54, 1.807) is 17.1 Å². The lowest BCUT2D eigenvalue weighted by molar-refractivity contribution is 0.444. The Bertz CT molecular complexity index is 778. The van der Waals surface area contributed by atoms with Gasteiger partial charge in [0.2, 0.25) is 0 Å². The lowest BCUT2D eigenvalue weighted by atomic mass is 10.2. The first-order chi connectivity index (χ1) is 11.3. The smallest absolute Gasteiger partial charge is 0.157 e. The quantitative estimate of drug-likeness (QED) is 0.759. The van der Waals surface area contributed by atoms with E-state index in [1.807, 2.05) is 18.3 Å². The van der Waals surface area contributed by atoms with Crippen molar-refractivity contribution in [3.63, 3.8) is 0 Å². The number of pyridine rings is 1. The molecule has 0 saturated heterocycles. The van der Waals surface area contributed by atoms with Gasteiger partial charge in [-0.15, -0.1) is 0 Å². The maximum absolute atomic E-state index is 5.92. The Labute approximate surface area is 135 Å². The zero-order valence-electron chi connectivity index (χ0n) is 13.1. The van der Waals surface area contributed by atoms with Crippen LogP contribution in [0.15, 0.2) is 53.3 Å². The van der Waals surface area contributed by atoms with Crippen molar-refractivity contribution in [2.45, 2.75) is 32.4 Å². The van der Waals surface area contributed by atoms with Gasteiger partial charge in [0.05, 0.1) is 6.54 Å². The van der Waals surface area contributed by atoms with Crippen molar-refractivity contribution < 1.29 is 4.42 Å². The summed E-state index contributed by atoms with van der Waals surface area (Å²) in [7, 11) is 0. The average Bonchev–Trinajstić information content (AvgIpc) is 3.01. The molecule has 1 saturated carbocycles. The molecule has 3 heterocycles. The van der Waals surface area contributed by atoms with E-state index in [0.717, 1.165) is 35.4 Å². The maximum atomic E-state index is 5.92. The van der Waals surface area contributed by atoms with Crippen LogP contribution in [0.2, 0.25) is 0 Å². The molecule has 5 heteroatoms. The zero-order chi connectivity index (χ0) is 15.6. The Morgan fingerprint density at radius 1 is 1.22 bits per heavy atom. The van der Waals surface area contributed by atoms with Crippen molar-refractivity contribution in [1.82, 2.24) is 20.1 Å². The molecule has 5 nitrogen and oxygen atoms in total. The highest BCUT2D eigenvalue weighted by Gasteiger charge is 2.36. The molecule has 23 heavy (non-hydrogen) atoms. The van der Waals surface area contributed by atoms with Crippen molar-refractivity contribution in [3.8, 4) is 5.82 Å². The molecule has 0 bridgehead atoms. The summed E-state index contributed by atoms with van der Waals surface area (Å²) in [6.45, 7) is 3.71. The second kappa shape index (κ2) is 6.01. The van der Waals surface area contributed by atoms with Crippen molar-refractivity contribution in [2.75, 3.05) is 0 Å². The van der Waals surface area contributed by atoms with Crippen LogP contribution in [-0.2, 0) is 13.1 Å². The van der Waals surface area contributed by atoms with Gasteiger partial charge in [-0.25, -0.2) is 9.67 Å². The maximum Gasteiger partial charge on any atom is 0.157 e. The highest BCUT2D eigenvalue weighted by atomic mass is 16.3. The minimum Gasteiger partial charge on any atom is -0.464 e. The summed E-state index contributed by atoms with van der Waals surface area (Å²) >= 11 is 0. The standard InChI is InChI=1S/C18H20N4O/c1-13-10-16(13)17-6-5-15(23-17)12-19-11-14-4-2-7-20-18(14)22-9-3-8-21-22/h2-9,13,16,19H,10-12H2,1H3/t13-,16-/m0/s1. The largest absolute Gasteiger partial charge is 0.464 e. The van der Waals surface area contributed by atoms with Crippen LogP contribution in [0, 0.1) is 5.92 Å². The summed E-state index contributed by atoms with van der Waals surface area (Å²) in [5.74, 6) is 4.39. The molecule has 1 aliphatic carbocycles. The van der Waals surface area contributed by atoms with Gasteiger partial charge in [0.15, 0.2) is 5.82 Å². The van der Waals surface area contributed by atoms with Crippen LogP contribution in [0.5, 0.6) is 0 Å². The number of furan rings is 1. The van der Waals surface area contributed by atoms with Crippen molar-refractivity contribution in [3.05, 3.63) is 66.0 Å². The van der Waals surface area contributed by atoms with E-state index < -0.39 is 0 Å². The van der Waals surface area contributed by atoms with Gasteiger partial charge in [0.1, 0.15) is 11.5 Å². The van der Waals surface area contributed by atoms with Crippen molar-refractivity contribution in [1.29, 1.82) is 0 Å². The van der Waals surface area contributed by atoms with Crippen LogP contribution in [-0.4, -0.2) is 14.8 Å². The fraction of sp³-hybridized carbons (Fsp3) is 0.333. The monoisotopic (exact) mass is 308 g/mol. The third-order valence-electron chi connectivity index (χ3n) is 4.36. The molecule has 0 aliphatic heterocycles. The predicted octanol–water partition coefficient (Wildman–Crippen LogP) is 3.27. The Kier molecular flexibility index (Phi) is 3.71. The van der Waals surface area contributed by atoms with E-state index in [-0.39, 0.29) is 0 Å². The molecule has 4 rings (SSSR count). The first-order valence-electron chi connectivity index (χ1n) is 8.04. The van der Waals surface area contributed by atoms with Gasteiger partial charge in [-0.1, -0.05) is 13.0 Å². The fourth-order valence-electron chi connectivity index (χ4n) is 2.90. The van der Waals surface area contributed by atoms with Crippen LogP contribution < -0.4 is 5.32 Å². The molecule has 0 unspecified atom stereocenters. The Balaban J connectivity index is 1.39. The molecule has 1 aliphatic rings. The van der Waals surface area contributed by atoms with Gasteiger partial charge in [-0.05, 0) is 36.6 Å². The number of hydrogen-bond donors (Lipinski definition) is 1. The lowest BCUT2D eigenvalue weighted by Crippen LogP contribution is -2.15. The molecule has 0 aromatic carbocycles. The Hall–Kier alpha value is -2.40. The molecule has 1 fully saturated rings. The number of nitrogens with one attached hydrogen (secondary N) is 1. The van der Waals surface area contributed by atoms with Crippen LogP contribution in [0.1, 0.15) is 36.3 Å². The van der Waals surface area contributed by atoms with Gasteiger partial charge in [-0.2, -0.15) is 5.10 Å². The van der Waals surface area contributed by atoms with E-state index in [2.05, 4.69) is 40.5 Å². The summed E-state index contributed by atoms with van der Waals surface area (Å²) in [6, 6.07) is 10.1. The van der Waals surface area contributed by atoms with E-state index in [4.69, 9.17) is 4.42 Å². The highest BCUT2D eigenvalue weighted by Crippen LogP contribution is 2.47. The third-order valence-corrected chi connectivity index (χ3v) is 4.36. The summed E-state index contributed by atoms with van der Waals surface area (Å²) < 4.78 is 7.71. The zero-order valence-corrected chi connectivity index (χ0v) is 13.1. The minimum atomic E-state index is 0.633. The summed E-state index contributed by atoms with van der Waals surface area (Å²) in [6.07, 6.45) is 6.70. The number of hydrogen-bond acceptors (Lipinski definition) is 4. The Morgan fingerprint density at radius 2 is 2.13 bits per heavy atom. The second-order valence-corrected chi connectivity index (χ2v) is 6.16. The molecule has 0 spiro atoms. The number of aromatic nitrogens is 3. The van der Waals surface area contributed by atoms with Crippen LogP contribution in [0.25, 0.3) is 5.82 Å². The normalized spacial score (nSPS) is 19.9. The average molecular weight is 308 g/mol. The molecule has 2 atom stereocenters. The topological polar surface area (TPSA) is 55.9 Å². The van der Waals surface area contributed by atoms with Crippen LogP contribution in [0.3, 0.4) is 0 Å². The molecule has 0 amide bonds. The Morgan fingerprint density at radius 3 is 2.91 bits per heavy atom. The van der Waals surface area contributed by atoms with E-state index in [1.165, 1.54) is 6.42 Å². The molecule has 0 radical (unpaired) electrons. The molecular formula is C18H20N4O. The summed E-state index contributed by atoms with van der Waals surface area (Å²) in [5, 5.41) is 7.69. The third kappa shape index (κ3) is 3.05. The molecular weight excluding hydrogens is 288 g/mol. The van der Waals surface area contributed by atoms with E-state index >= 15 is 0 Å². The number of nitrogens with zero attached hydrogens (tertiary/aromatic N) is 3. The first kappa shape index (κ1) is 14.2. The molecule has 1 N–H and O–H groups in total. The van der Waals surface area contributed by atoms with Crippen LogP contribution >= 0.6 is 0 Å². The van der Waals surface area contributed by atoms with Crippen molar-refractivity contribution >= 4 is 0 Å². The molecule has 118 valence electrons. The number of rotatable bonds is 6. The van der Waals surface area contributed by atoms with Crippen LogP contribution in [0.4, 0.5) is 0 Å². The first-order valence-corrected chi connectivity index (χ1v) is 8.04. The molecule has 3 aromatic rings.